The molecule has 1 unspecified atom stereocenters. The SMILES string of the molecule is O=C1CNC(=O)C2(CCCCC2)N1CC1CCCO1. The average molecular weight is 266 g/mol. The first-order chi connectivity index (χ1) is 9.22. The third-order valence-corrected chi connectivity index (χ3v) is 4.73. The highest BCUT2D eigenvalue weighted by Crippen LogP contribution is 2.36. The van der Waals surface area contributed by atoms with Crippen LogP contribution >= 0.6 is 0 Å². The monoisotopic (exact) mass is 266 g/mol. The summed E-state index contributed by atoms with van der Waals surface area (Å²) in [6.07, 6.45) is 7.01. The lowest BCUT2D eigenvalue weighted by atomic mass is 9.78. The van der Waals surface area contributed by atoms with Crippen molar-refractivity contribution in [2.24, 2.45) is 0 Å². The van der Waals surface area contributed by atoms with Gasteiger partial charge < -0.3 is 15.0 Å². The Balaban J connectivity index is 1.82. The first kappa shape index (κ1) is 12.9. The summed E-state index contributed by atoms with van der Waals surface area (Å²) in [5.74, 6) is 0.0989. The molecule has 2 saturated heterocycles. The van der Waals surface area contributed by atoms with Gasteiger partial charge in [0.15, 0.2) is 0 Å². The van der Waals surface area contributed by atoms with E-state index in [0.717, 1.165) is 51.6 Å². The molecule has 1 spiro atoms. The van der Waals surface area contributed by atoms with Crippen LogP contribution in [0.15, 0.2) is 0 Å². The number of hydrogen-bond donors (Lipinski definition) is 1. The van der Waals surface area contributed by atoms with Crippen LogP contribution in [-0.2, 0) is 14.3 Å². The summed E-state index contributed by atoms with van der Waals surface area (Å²) in [6, 6.07) is 0. The van der Waals surface area contributed by atoms with Gasteiger partial charge in [0.2, 0.25) is 11.8 Å². The molecule has 0 aromatic carbocycles. The Morgan fingerprint density at radius 2 is 2.00 bits per heavy atom. The molecule has 1 N–H and O–H groups in total. The molecule has 1 saturated carbocycles. The topological polar surface area (TPSA) is 58.6 Å². The molecule has 5 heteroatoms. The zero-order valence-electron chi connectivity index (χ0n) is 11.3. The van der Waals surface area contributed by atoms with Crippen molar-refractivity contribution in [3.05, 3.63) is 0 Å². The highest BCUT2D eigenvalue weighted by Gasteiger charge is 2.50. The Morgan fingerprint density at radius 1 is 1.21 bits per heavy atom. The molecule has 19 heavy (non-hydrogen) atoms. The molecule has 0 bridgehead atoms. The molecule has 2 amide bonds. The fourth-order valence-electron chi connectivity index (χ4n) is 3.68. The van der Waals surface area contributed by atoms with Gasteiger partial charge in [-0.3, -0.25) is 9.59 Å². The normalized spacial score (nSPS) is 30.7. The molecule has 0 radical (unpaired) electrons. The average Bonchev–Trinajstić information content (AvgIpc) is 2.94. The maximum atomic E-state index is 12.4. The lowest BCUT2D eigenvalue weighted by Crippen LogP contribution is -2.68. The van der Waals surface area contributed by atoms with Gasteiger partial charge in [-0.2, -0.15) is 0 Å². The molecule has 3 aliphatic rings. The molecule has 1 aliphatic carbocycles. The number of nitrogens with one attached hydrogen (secondary N) is 1. The second-order valence-electron chi connectivity index (χ2n) is 5.91. The predicted molar refractivity (Wildman–Crippen MR) is 69.5 cm³/mol. The van der Waals surface area contributed by atoms with Crippen LogP contribution < -0.4 is 5.32 Å². The summed E-state index contributed by atoms with van der Waals surface area (Å²) in [5.41, 5.74) is -0.584. The van der Waals surface area contributed by atoms with Crippen molar-refractivity contribution in [3.63, 3.8) is 0 Å². The van der Waals surface area contributed by atoms with Crippen LogP contribution in [0.3, 0.4) is 0 Å². The van der Waals surface area contributed by atoms with E-state index in [4.69, 9.17) is 4.74 Å². The second-order valence-corrected chi connectivity index (χ2v) is 5.91. The van der Waals surface area contributed by atoms with Gasteiger partial charge in [0.25, 0.3) is 0 Å². The maximum Gasteiger partial charge on any atom is 0.246 e. The lowest BCUT2D eigenvalue weighted by molar-refractivity contribution is -0.158. The molecular weight excluding hydrogens is 244 g/mol. The summed E-state index contributed by atoms with van der Waals surface area (Å²) in [7, 11) is 0. The Hall–Kier alpha value is -1.10. The van der Waals surface area contributed by atoms with Crippen molar-refractivity contribution in [2.75, 3.05) is 19.7 Å². The minimum atomic E-state index is -0.584. The maximum absolute atomic E-state index is 12.4. The molecule has 0 aromatic heterocycles. The Kier molecular flexibility index (Phi) is 3.48. The first-order valence-corrected chi connectivity index (χ1v) is 7.43. The molecule has 3 rings (SSSR count). The fraction of sp³-hybridized carbons (Fsp3) is 0.857. The zero-order chi connectivity index (χ0) is 13.3. The van der Waals surface area contributed by atoms with Crippen LogP contribution in [0.25, 0.3) is 0 Å². The van der Waals surface area contributed by atoms with Crippen molar-refractivity contribution in [1.82, 2.24) is 10.2 Å². The number of carbonyl (C=O) groups is 2. The van der Waals surface area contributed by atoms with Crippen LogP contribution in [0, 0.1) is 0 Å². The minimum absolute atomic E-state index is 0.0461. The largest absolute Gasteiger partial charge is 0.376 e. The summed E-state index contributed by atoms with van der Waals surface area (Å²) in [4.78, 5) is 26.4. The first-order valence-electron chi connectivity index (χ1n) is 7.43. The highest BCUT2D eigenvalue weighted by atomic mass is 16.5. The smallest absolute Gasteiger partial charge is 0.246 e. The molecule has 2 aliphatic heterocycles. The van der Waals surface area contributed by atoms with Crippen molar-refractivity contribution in [1.29, 1.82) is 0 Å². The van der Waals surface area contributed by atoms with Crippen LogP contribution in [-0.4, -0.2) is 48.1 Å². The van der Waals surface area contributed by atoms with Crippen molar-refractivity contribution < 1.29 is 14.3 Å². The fourth-order valence-corrected chi connectivity index (χ4v) is 3.68. The van der Waals surface area contributed by atoms with Gasteiger partial charge in [0.05, 0.1) is 12.6 Å². The molecule has 1 atom stereocenters. The van der Waals surface area contributed by atoms with E-state index in [1.807, 2.05) is 4.90 Å². The standard InChI is InChI=1S/C14H22N2O3/c17-12-9-15-13(18)14(6-2-1-3-7-14)16(12)10-11-5-4-8-19-11/h11H,1-10H2,(H,15,18). The van der Waals surface area contributed by atoms with Crippen molar-refractivity contribution >= 4 is 11.8 Å². The third-order valence-electron chi connectivity index (χ3n) is 4.73. The number of rotatable bonds is 2. The number of ether oxygens (including phenoxy) is 1. The summed E-state index contributed by atoms with van der Waals surface area (Å²) in [5, 5.41) is 2.78. The summed E-state index contributed by atoms with van der Waals surface area (Å²) in [6.45, 7) is 1.52. The van der Waals surface area contributed by atoms with E-state index in [1.54, 1.807) is 0 Å². The van der Waals surface area contributed by atoms with Gasteiger partial charge in [-0.05, 0) is 25.7 Å². The molecule has 3 fully saturated rings. The Bertz CT molecular complexity index is 371. The van der Waals surface area contributed by atoms with E-state index in [9.17, 15) is 9.59 Å². The minimum Gasteiger partial charge on any atom is -0.376 e. The van der Waals surface area contributed by atoms with E-state index >= 15 is 0 Å². The van der Waals surface area contributed by atoms with Gasteiger partial charge in [0.1, 0.15) is 5.54 Å². The van der Waals surface area contributed by atoms with E-state index in [-0.39, 0.29) is 24.5 Å². The summed E-state index contributed by atoms with van der Waals surface area (Å²) < 4.78 is 5.65. The van der Waals surface area contributed by atoms with Crippen LogP contribution in [0.2, 0.25) is 0 Å². The Morgan fingerprint density at radius 3 is 2.68 bits per heavy atom. The zero-order valence-corrected chi connectivity index (χ0v) is 11.3. The summed E-state index contributed by atoms with van der Waals surface area (Å²) >= 11 is 0. The molecule has 106 valence electrons. The predicted octanol–water partition coefficient (Wildman–Crippen LogP) is 0.827. The van der Waals surface area contributed by atoms with Crippen LogP contribution in [0.1, 0.15) is 44.9 Å². The van der Waals surface area contributed by atoms with Crippen molar-refractivity contribution in [3.8, 4) is 0 Å². The van der Waals surface area contributed by atoms with E-state index in [0.29, 0.717) is 6.54 Å². The molecule has 2 heterocycles. The van der Waals surface area contributed by atoms with E-state index in [2.05, 4.69) is 5.32 Å². The number of carbonyl (C=O) groups excluding carboxylic acids is 2. The molecule has 5 nitrogen and oxygen atoms in total. The van der Waals surface area contributed by atoms with Gasteiger partial charge in [-0.15, -0.1) is 0 Å². The van der Waals surface area contributed by atoms with Crippen molar-refractivity contribution in [2.45, 2.75) is 56.6 Å². The number of nitrogens with zero attached hydrogens (tertiary/aromatic N) is 1. The number of hydrogen-bond acceptors (Lipinski definition) is 3. The van der Waals surface area contributed by atoms with E-state index in [1.165, 1.54) is 0 Å². The molecular formula is C14H22N2O3. The lowest BCUT2D eigenvalue weighted by Gasteiger charge is -2.48. The highest BCUT2D eigenvalue weighted by molar-refractivity contribution is 5.98. The van der Waals surface area contributed by atoms with Gasteiger partial charge >= 0.3 is 0 Å². The second kappa shape index (κ2) is 5.12. The van der Waals surface area contributed by atoms with Gasteiger partial charge in [0, 0.05) is 13.2 Å². The quantitative estimate of drug-likeness (QED) is 0.805. The van der Waals surface area contributed by atoms with Crippen LogP contribution in [0.4, 0.5) is 0 Å². The third kappa shape index (κ3) is 2.24. The number of amides is 2. The molecule has 0 aromatic rings. The van der Waals surface area contributed by atoms with Gasteiger partial charge in [-0.25, -0.2) is 0 Å². The van der Waals surface area contributed by atoms with Gasteiger partial charge in [-0.1, -0.05) is 19.3 Å². The van der Waals surface area contributed by atoms with Crippen LogP contribution in [0.5, 0.6) is 0 Å². The van der Waals surface area contributed by atoms with E-state index < -0.39 is 5.54 Å². The number of piperazine rings is 1. The Labute approximate surface area is 113 Å².